The molecule has 0 saturated carbocycles. The minimum atomic E-state index is -0.269. The van der Waals surface area contributed by atoms with Crippen LogP contribution in [-0.4, -0.2) is 36.2 Å². The molecule has 1 aliphatic rings. The molecule has 6 heteroatoms. The summed E-state index contributed by atoms with van der Waals surface area (Å²) in [5.74, 6) is 1.10. The molecule has 0 amide bonds. The van der Waals surface area contributed by atoms with Crippen molar-refractivity contribution >= 4 is 5.82 Å². The summed E-state index contributed by atoms with van der Waals surface area (Å²) in [6.45, 7) is 2.44. The Bertz CT molecular complexity index is 642. The van der Waals surface area contributed by atoms with E-state index >= 15 is 0 Å². The Morgan fingerprint density at radius 1 is 1.22 bits per heavy atom. The van der Waals surface area contributed by atoms with Crippen molar-refractivity contribution in [2.75, 3.05) is 25.5 Å². The maximum absolute atomic E-state index is 13.1. The van der Waals surface area contributed by atoms with Crippen LogP contribution < -0.4 is 10.6 Å². The molecule has 1 aromatic carbocycles. The number of ether oxygens (including phenoxy) is 1. The number of benzene rings is 1. The third kappa shape index (κ3) is 4.24. The number of hydrogen-bond acceptors (Lipinski definition) is 5. The number of hydrogen-bond donors (Lipinski definition) is 2. The molecule has 2 aromatic rings. The van der Waals surface area contributed by atoms with E-state index in [1.54, 1.807) is 19.2 Å². The molecular formula is C17H21FN4O. The summed E-state index contributed by atoms with van der Waals surface area (Å²) in [5.41, 5.74) is 1.59. The van der Waals surface area contributed by atoms with Crippen LogP contribution >= 0.6 is 0 Å². The van der Waals surface area contributed by atoms with Crippen LogP contribution in [0.25, 0.3) is 11.4 Å². The summed E-state index contributed by atoms with van der Waals surface area (Å²) < 4.78 is 18.3. The molecule has 0 spiro atoms. The van der Waals surface area contributed by atoms with Gasteiger partial charge in [-0.3, -0.25) is 0 Å². The van der Waals surface area contributed by atoms with E-state index < -0.39 is 0 Å². The molecular weight excluding hydrogens is 295 g/mol. The quantitative estimate of drug-likeness (QED) is 0.888. The molecule has 2 N–H and O–H groups in total. The van der Waals surface area contributed by atoms with Crippen LogP contribution in [-0.2, 0) is 11.3 Å². The summed E-state index contributed by atoms with van der Waals surface area (Å²) in [6.07, 6.45) is 2.13. The zero-order valence-electron chi connectivity index (χ0n) is 13.2. The lowest BCUT2D eigenvalue weighted by Gasteiger charge is -2.24. The predicted octanol–water partition coefficient (Wildman–Crippen LogP) is 2.59. The van der Waals surface area contributed by atoms with E-state index in [0.717, 1.165) is 43.0 Å². The Labute approximate surface area is 135 Å². The molecule has 1 fully saturated rings. The van der Waals surface area contributed by atoms with Crippen LogP contribution in [0.2, 0.25) is 0 Å². The Kier molecular flexibility index (Phi) is 5.15. The number of nitrogens with zero attached hydrogens (tertiary/aromatic N) is 2. The highest BCUT2D eigenvalue weighted by atomic mass is 19.1. The van der Waals surface area contributed by atoms with Gasteiger partial charge in [-0.2, -0.15) is 0 Å². The Hall–Kier alpha value is -2.05. The predicted molar refractivity (Wildman–Crippen MR) is 87.7 cm³/mol. The lowest BCUT2D eigenvalue weighted by Crippen LogP contribution is -2.35. The standard InChI is InChI=1S/C17H21FN4O/c1-23-11-15-10-16(20-14-6-8-19-9-7-14)22-17(21-15)12-2-4-13(18)5-3-12/h2-5,10,14,19H,6-9,11H2,1H3,(H,20,21,22). The van der Waals surface area contributed by atoms with Crippen molar-refractivity contribution in [3.8, 4) is 11.4 Å². The number of aromatic nitrogens is 2. The zero-order valence-corrected chi connectivity index (χ0v) is 13.2. The molecule has 122 valence electrons. The van der Waals surface area contributed by atoms with Crippen LogP contribution in [0.4, 0.5) is 10.2 Å². The van der Waals surface area contributed by atoms with E-state index in [-0.39, 0.29) is 5.82 Å². The van der Waals surface area contributed by atoms with Crippen LogP contribution in [0.15, 0.2) is 30.3 Å². The van der Waals surface area contributed by atoms with Gasteiger partial charge < -0.3 is 15.4 Å². The third-order valence-corrected chi connectivity index (χ3v) is 3.86. The molecule has 1 aromatic heterocycles. The maximum atomic E-state index is 13.1. The number of piperidine rings is 1. The highest BCUT2D eigenvalue weighted by molar-refractivity contribution is 5.57. The molecule has 23 heavy (non-hydrogen) atoms. The monoisotopic (exact) mass is 316 g/mol. The number of anilines is 1. The van der Waals surface area contributed by atoms with Gasteiger partial charge >= 0.3 is 0 Å². The van der Waals surface area contributed by atoms with E-state index in [1.807, 2.05) is 6.07 Å². The number of nitrogens with one attached hydrogen (secondary N) is 2. The molecule has 0 aliphatic carbocycles. The molecule has 1 saturated heterocycles. The average Bonchev–Trinajstić information content (AvgIpc) is 2.56. The second kappa shape index (κ2) is 7.48. The summed E-state index contributed by atoms with van der Waals surface area (Å²) >= 11 is 0. The molecule has 0 atom stereocenters. The molecule has 0 unspecified atom stereocenters. The van der Waals surface area contributed by atoms with E-state index in [9.17, 15) is 4.39 Å². The molecule has 3 rings (SSSR count). The van der Waals surface area contributed by atoms with Gasteiger partial charge in [0.15, 0.2) is 5.82 Å². The van der Waals surface area contributed by atoms with Crippen molar-refractivity contribution in [2.24, 2.45) is 0 Å². The normalized spacial score (nSPS) is 15.6. The fourth-order valence-electron chi connectivity index (χ4n) is 2.70. The van der Waals surface area contributed by atoms with Crippen LogP contribution in [0.3, 0.4) is 0 Å². The van der Waals surface area contributed by atoms with Crippen molar-refractivity contribution in [3.05, 3.63) is 41.8 Å². The van der Waals surface area contributed by atoms with Crippen LogP contribution in [0.5, 0.6) is 0 Å². The number of rotatable bonds is 5. The Morgan fingerprint density at radius 2 is 1.96 bits per heavy atom. The molecule has 5 nitrogen and oxygen atoms in total. The second-order valence-electron chi connectivity index (χ2n) is 5.68. The smallest absolute Gasteiger partial charge is 0.161 e. The van der Waals surface area contributed by atoms with Gasteiger partial charge in [-0.25, -0.2) is 14.4 Å². The molecule has 0 bridgehead atoms. The molecule has 1 aliphatic heterocycles. The summed E-state index contributed by atoms with van der Waals surface area (Å²) in [4.78, 5) is 9.09. The van der Waals surface area contributed by atoms with Gasteiger partial charge in [0, 0.05) is 24.8 Å². The molecule has 2 heterocycles. The van der Waals surface area contributed by atoms with Crippen molar-refractivity contribution in [3.63, 3.8) is 0 Å². The van der Waals surface area contributed by atoms with Crippen molar-refractivity contribution in [2.45, 2.75) is 25.5 Å². The van der Waals surface area contributed by atoms with E-state index in [0.29, 0.717) is 18.5 Å². The van der Waals surface area contributed by atoms with E-state index in [4.69, 9.17) is 4.74 Å². The van der Waals surface area contributed by atoms with Gasteiger partial charge in [-0.05, 0) is 50.2 Å². The third-order valence-electron chi connectivity index (χ3n) is 3.86. The first-order chi connectivity index (χ1) is 11.2. The van der Waals surface area contributed by atoms with Gasteiger partial charge in [0.05, 0.1) is 12.3 Å². The van der Waals surface area contributed by atoms with Crippen LogP contribution in [0, 0.1) is 5.82 Å². The Balaban J connectivity index is 1.87. The SMILES string of the molecule is COCc1cc(NC2CCNCC2)nc(-c2ccc(F)cc2)n1. The van der Waals surface area contributed by atoms with Gasteiger partial charge in [0.2, 0.25) is 0 Å². The summed E-state index contributed by atoms with van der Waals surface area (Å²) in [5, 5.41) is 6.83. The first-order valence-corrected chi connectivity index (χ1v) is 7.84. The lowest BCUT2D eigenvalue weighted by atomic mass is 10.1. The topological polar surface area (TPSA) is 59.1 Å². The number of methoxy groups -OCH3 is 1. The van der Waals surface area contributed by atoms with E-state index in [1.165, 1.54) is 12.1 Å². The van der Waals surface area contributed by atoms with Crippen LogP contribution in [0.1, 0.15) is 18.5 Å². The van der Waals surface area contributed by atoms with Crippen molar-refractivity contribution < 1.29 is 9.13 Å². The van der Waals surface area contributed by atoms with Gasteiger partial charge in [-0.15, -0.1) is 0 Å². The number of halogens is 1. The van der Waals surface area contributed by atoms with Gasteiger partial charge in [0.25, 0.3) is 0 Å². The maximum Gasteiger partial charge on any atom is 0.161 e. The fourth-order valence-corrected chi connectivity index (χ4v) is 2.70. The zero-order chi connectivity index (χ0) is 16.1. The minimum absolute atomic E-state index is 0.269. The first kappa shape index (κ1) is 15.8. The average molecular weight is 316 g/mol. The lowest BCUT2D eigenvalue weighted by molar-refractivity contribution is 0.181. The highest BCUT2D eigenvalue weighted by Crippen LogP contribution is 2.20. The largest absolute Gasteiger partial charge is 0.378 e. The van der Waals surface area contributed by atoms with Crippen molar-refractivity contribution in [1.82, 2.24) is 15.3 Å². The first-order valence-electron chi connectivity index (χ1n) is 7.84. The summed E-state index contributed by atoms with van der Waals surface area (Å²) in [7, 11) is 1.64. The second-order valence-corrected chi connectivity index (χ2v) is 5.68. The van der Waals surface area contributed by atoms with Crippen molar-refractivity contribution in [1.29, 1.82) is 0 Å². The van der Waals surface area contributed by atoms with E-state index in [2.05, 4.69) is 20.6 Å². The highest BCUT2D eigenvalue weighted by Gasteiger charge is 2.15. The summed E-state index contributed by atoms with van der Waals surface area (Å²) in [6, 6.07) is 8.54. The Morgan fingerprint density at radius 3 is 2.65 bits per heavy atom. The fraction of sp³-hybridized carbons (Fsp3) is 0.412. The van der Waals surface area contributed by atoms with Gasteiger partial charge in [0.1, 0.15) is 11.6 Å². The van der Waals surface area contributed by atoms with Gasteiger partial charge in [-0.1, -0.05) is 0 Å². The molecule has 0 radical (unpaired) electrons. The minimum Gasteiger partial charge on any atom is -0.378 e.